The van der Waals surface area contributed by atoms with Crippen molar-refractivity contribution in [3.05, 3.63) is 95.6 Å². The third-order valence-corrected chi connectivity index (χ3v) is 7.27. The zero-order valence-electron chi connectivity index (χ0n) is 21.4. The van der Waals surface area contributed by atoms with Crippen molar-refractivity contribution < 1.29 is 32.1 Å². The minimum atomic E-state index is -1.07. The van der Waals surface area contributed by atoms with E-state index in [2.05, 4.69) is 6.58 Å². The van der Waals surface area contributed by atoms with Gasteiger partial charge in [-0.3, -0.25) is 0 Å². The molecule has 1 atom stereocenters. The molecule has 4 rings (SSSR count). The van der Waals surface area contributed by atoms with E-state index in [1.165, 1.54) is 12.1 Å². The topological polar surface area (TPSA) is 38.7 Å². The van der Waals surface area contributed by atoms with E-state index in [1.54, 1.807) is 49.4 Å². The number of ether oxygens (including phenoxy) is 2. The van der Waals surface area contributed by atoms with Crippen LogP contribution in [0.5, 0.6) is 11.5 Å². The second kappa shape index (κ2) is 12.5. The molecule has 1 aliphatic carbocycles. The lowest BCUT2D eigenvalue weighted by molar-refractivity contribution is 0.0963. The Balaban J connectivity index is 1.39. The van der Waals surface area contributed by atoms with E-state index >= 15 is 0 Å². The van der Waals surface area contributed by atoms with Gasteiger partial charge < -0.3 is 14.6 Å². The van der Waals surface area contributed by atoms with Crippen LogP contribution in [0.1, 0.15) is 56.1 Å². The Bertz CT molecular complexity index is 1250. The fraction of sp³-hybridized carbons (Fsp3) is 0.355. The molecule has 0 heterocycles. The second-order valence-electron chi connectivity index (χ2n) is 9.77. The lowest BCUT2D eigenvalue weighted by Gasteiger charge is -2.30. The van der Waals surface area contributed by atoms with Crippen LogP contribution in [0.15, 0.2) is 61.2 Å². The van der Waals surface area contributed by atoms with E-state index in [-0.39, 0.29) is 48.0 Å². The predicted molar refractivity (Wildman–Crippen MR) is 139 cm³/mol. The predicted octanol–water partition coefficient (Wildman–Crippen LogP) is 8.10. The molecule has 0 aromatic heterocycles. The van der Waals surface area contributed by atoms with Crippen LogP contribution in [-0.4, -0.2) is 17.8 Å². The molecule has 1 aliphatic rings. The van der Waals surface area contributed by atoms with Crippen LogP contribution in [-0.2, 0) is 6.61 Å². The summed E-state index contributed by atoms with van der Waals surface area (Å²) in [6.07, 6.45) is 4.74. The number of rotatable bonds is 10. The molecule has 3 aromatic rings. The van der Waals surface area contributed by atoms with E-state index in [0.717, 1.165) is 12.8 Å². The highest BCUT2D eigenvalue weighted by Gasteiger charge is 2.28. The average molecular weight is 529 g/mol. The van der Waals surface area contributed by atoms with Gasteiger partial charge >= 0.3 is 0 Å². The monoisotopic (exact) mass is 528 g/mol. The third kappa shape index (κ3) is 6.21. The third-order valence-electron chi connectivity index (χ3n) is 7.27. The summed E-state index contributed by atoms with van der Waals surface area (Å²) in [5.74, 6) is -3.52. The van der Waals surface area contributed by atoms with Gasteiger partial charge in [-0.2, -0.15) is 4.39 Å². The van der Waals surface area contributed by atoms with Gasteiger partial charge in [0.1, 0.15) is 12.4 Å². The fourth-order valence-electron chi connectivity index (χ4n) is 4.95. The average Bonchev–Trinajstić information content (AvgIpc) is 2.92. The Labute approximate surface area is 220 Å². The summed E-state index contributed by atoms with van der Waals surface area (Å²) in [7, 11) is 0. The van der Waals surface area contributed by atoms with E-state index < -0.39 is 23.3 Å². The first kappa shape index (κ1) is 27.7. The highest BCUT2D eigenvalue weighted by atomic mass is 19.2. The van der Waals surface area contributed by atoms with E-state index in [9.17, 15) is 22.7 Å². The molecule has 7 heteroatoms. The molecule has 1 fully saturated rings. The van der Waals surface area contributed by atoms with Gasteiger partial charge in [0.25, 0.3) is 0 Å². The first-order valence-electron chi connectivity index (χ1n) is 12.9. The maximum absolute atomic E-state index is 14.9. The normalized spacial score (nSPS) is 18.2. The van der Waals surface area contributed by atoms with Gasteiger partial charge in [-0.15, -0.1) is 6.58 Å². The molecule has 3 nitrogen and oxygen atoms in total. The molecule has 202 valence electrons. The molecule has 0 radical (unpaired) electrons. The standard InChI is InChI=1S/C31H32F4O3/c1-3-4-17-37-27-16-15-26(30(34)31(27)35)22-9-12-24(13-10-22)38-18-23-11-14-25(29(33)28(23)32)21-7-5-20(6-8-21)19(2)36/h3,9-16,19-21,36H,1,4-8,17-18H2,2H3. The van der Waals surface area contributed by atoms with Gasteiger partial charge in [-0.05, 0) is 86.3 Å². The molecule has 0 spiro atoms. The van der Waals surface area contributed by atoms with Crippen LogP contribution in [0, 0.1) is 29.2 Å². The molecule has 0 aliphatic heterocycles. The molecule has 0 saturated heterocycles. The van der Waals surface area contributed by atoms with Gasteiger partial charge in [-0.1, -0.05) is 30.3 Å². The molecule has 0 amide bonds. The van der Waals surface area contributed by atoms with Crippen LogP contribution in [0.4, 0.5) is 17.6 Å². The van der Waals surface area contributed by atoms with Gasteiger partial charge in [0.15, 0.2) is 23.2 Å². The zero-order chi connectivity index (χ0) is 27.2. The van der Waals surface area contributed by atoms with Crippen molar-refractivity contribution in [1.82, 2.24) is 0 Å². The maximum atomic E-state index is 14.9. The van der Waals surface area contributed by atoms with Crippen molar-refractivity contribution in [1.29, 1.82) is 0 Å². The minimum Gasteiger partial charge on any atom is -0.490 e. The molecule has 1 unspecified atom stereocenters. The van der Waals surface area contributed by atoms with Crippen molar-refractivity contribution in [3.8, 4) is 22.6 Å². The maximum Gasteiger partial charge on any atom is 0.201 e. The summed E-state index contributed by atoms with van der Waals surface area (Å²) in [5, 5.41) is 9.77. The van der Waals surface area contributed by atoms with Crippen LogP contribution in [0.25, 0.3) is 11.1 Å². The number of hydrogen-bond donors (Lipinski definition) is 1. The number of aliphatic hydroxyl groups is 1. The zero-order valence-corrected chi connectivity index (χ0v) is 21.4. The highest BCUT2D eigenvalue weighted by molar-refractivity contribution is 5.66. The SMILES string of the molecule is C=CCCOc1ccc(-c2ccc(OCc3ccc(C4CCC(C(C)O)CC4)c(F)c3F)cc2)c(F)c1F. The largest absolute Gasteiger partial charge is 0.490 e. The number of aliphatic hydroxyl groups excluding tert-OH is 1. The Morgan fingerprint density at radius 1 is 0.868 bits per heavy atom. The summed E-state index contributed by atoms with van der Waals surface area (Å²) < 4.78 is 69.7. The van der Waals surface area contributed by atoms with Crippen LogP contribution in [0.3, 0.4) is 0 Å². The van der Waals surface area contributed by atoms with Crippen molar-refractivity contribution >= 4 is 0 Å². The van der Waals surface area contributed by atoms with Gasteiger partial charge in [0, 0.05) is 11.1 Å². The Hall–Kier alpha value is -3.32. The van der Waals surface area contributed by atoms with Crippen LogP contribution in [0.2, 0.25) is 0 Å². The summed E-state index contributed by atoms with van der Waals surface area (Å²) in [5.41, 5.74) is 0.953. The number of hydrogen-bond acceptors (Lipinski definition) is 3. The van der Waals surface area contributed by atoms with E-state index in [1.807, 2.05) is 0 Å². The lowest BCUT2D eigenvalue weighted by atomic mass is 9.76. The summed E-state index contributed by atoms with van der Waals surface area (Å²) in [4.78, 5) is 0. The molecule has 3 aromatic carbocycles. The summed E-state index contributed by atoms with van der Waals surface area (Å²) in [6.45, 7) is 5.34. The van der Waals surface area contributed by atoms with Crippen molar-refractivity contribution in [3.63, 3.8) is 0 Å². The molecule has 1 N–H and O–H groups in total. The molecular weight excluding hydrogens is 496 g/mol. The van der Waals surface area contributed by atoms with Crippen molar-refractivity contribution in [2.75, 3.05) is 6.61 Å². The second-order valence-corrected chi connectivity index (χ2v) is 9.77. The minimum absolute atomic E-state index is 0.0660. The number of benzene rings is 3. The smallest absolute Gasteiger partial charge is 0.201 e. The Morgan fingerprint density at radius 3 is 2.24 bits per heavy atom. The highest BCUT2D eigenvalue weighted by Crippen LogP contribution is 2.39. The molecule has 0 bridgehead atoms. The lowest BCUT2D eigenvalue weighted by Crippen LogP contribution is -2.23. The quantitative estimate of drug-likeness (QED) is 0.164. The van der Waals surface area contributed by atoms with Gasteiger partial charge in [0.2, 0.25) is 5.82 Å². The van der Waals surface area contributed by atoms with E-state index in [4.69, 9.17) is 9.47 Å². The fourth-order valence-corrected chi connectivity index (χ4v) is 4.95. The van der Waals surface area contributed by atoms with Gasteiger partial charge in [0.05, 0.1) is 12.7 Å². The van der Waals surface area contributed by atoms with Crippen LogP contribution >= 0.6 is 0 Å². The van der Waals surface area contributed by atoms with Crippen molar-refractivity contribution in [2.45, 2.75) is 57.7 Å². The summed E-state index contributed by atoms with van der Waals surface area (Å²) >= 11 is 0. The first-order valence-corrected chi connectivity index (χ1v) is 12.9. The summed E-state index contributed by atoms with van der Waals surface area (Å²) in [6, 6.07) is 12.2. The Morgan fingerprint density at radius 2 is 1.58 bits per heavy atom. The first-order chi connectivity index (χ1) is 18.3. The molecular formula is C31H32F4O3. The molecule has 38 heavy (non-hydrogen) atoms. The van der Waals surface area contributed by atoms with Crippen molar-refractivity contribution in [2.24, 2.45) is 5.92 Å². The van der Waals surface area contributed by atoms with Crippen LogP contribution < -0.4 is 9.47 Å². The van der Waals surface area contributed by atoms with Gasteiger partial charge in [-0.25, -0.2) is 13.2 Å². The molecule has 1 saturated carbocycles. The van der Waals surface area contributed by atoms with E-state index in [0.29, 0.717) is 36.1 Å². The number of halogens is 4. The Kier molecular flexibility index (Phi) is 9.10.